The summed E-state index contributed by atoms with van der Waals surface area (Å²) in [6.45, 7) is 8.46. The minimum absolute atomic E-state index is 0.0567. The third-order valence-electron chi connectivity index (χ3n) is 4.41. The number of amides is 1. The van der Waals surface area contributed by atoms with Crippen LogP contribution in [0.5, 0.6) is 0 Å². The molecule has 0 saturated heterocycles. The standard InChI is InChI=1S/C19H29NO2/c1-15-9-8-10-16(13-15)19(11-6-5-7-12-19)14-20-17(21)22-18(2,3)4/h8-10,13H,5-7,11-12,14H2,1-4H3,(H,20,21). The molecule has 1 saturated carbocycles. The van der Waals surface area contributed by atoms with E-state index in [2.05, 4.69) is 36.5 Å². The summed E-state index contributed by atoms with van der Waals surface area (Å²) in [6, 6.07) is 8.72. The Balaban J connectivity index is 2.11. The van der Waals surface area contributed by atoms with E-state index in [0.29, 0.717) is 6.54 Å². The molecule has 0 aromatic heterocycles. The maximum absolute atomic E-state index is 12.0. The van der Waals surface area contributed by atoms with E-state index in [0.717, 1.165) is 12.8 Å². The second kappa shape index (κ2) is 6.72. The molecule has 0 spiro atoms. The van der Waals surface area contributed by atoms with Crippen LogP contribution < -0.4 is 5.32 Å². The minimum Gasteiger partial charge on any atom is -0.444 e. The van der Waals surface area contributed by atoms with E-state index in [4.69, 9.17) is 4.74 Å². The SMILES string of the molecule is Cc1cccc(C2(CNC(=O)OC(C)(C)C)CCCCC2)c1. The molecule has 0 radical (unpaired) electrons. The second-order valence-electron chi connectivity index (χ2n) is 7.57. The van der Waals surface area contributed by atoms with E-state index in [-0.39, 0.29) is 11.5 Å². The summed E-state index contributed by atoms with van der Waals surface area (Å²) >= 11 is 0. The highest BCUT2D eigenvalue weighted by Crippen LogP contribution is 2.39. The fraction of sp³-hybridized carbons (Fsp3) is 0.632. The van der Waals surface area contributed by atoms with Crippen molar-refractivity contribution in [2.45, 2.75) is 70.8 Å². The van der Waals surface area contributed by atoms with Crippen LogP contribution in [-0.2, 0) is 10.2 Å². The number of hydrogen-bond acceptors (Lipinski definition) is 2. The molecular formula is C19H29NO2. The molecule has 122 valence electrons. The summed E-state index contributed by atoms with van der Waals surface area (Å²) < 4.78 is 5.38. The predicted octanol–water partition coefficient (Wildman–Crippen LogP) is 4.72. The average Bonchev–Trinajstić information content (AvgIpc) is 2.44. The lowest BCUT2D eigenvalue weighted by Crippen LogP contribution is -2.44. The highest BCUT2D eigenvalue weighted by Gasteiger charge is 2.34. The Morgan fingerprint density at radius 3 is 2.50 bits per heavy atom. The molecule has 0 heterocycles. The van der Waals surface area contributed by atoms with Crippen LogP contribution in [0.25, 0.3) is 0 Å². The van der Waals surface area contributed by atoms with Crippen LogP contribution >= 0.6 is 0 Å². The Hall–Kier alpha value is -1.51. The maximum atomic E-state index is 12.0. The van der Waals surface area contributed by atoms with Gasteiger partial charge in [0, 0.05) is 12.0 Å². The number of benzene rings is 1. The van der Waals surface area contributed by atoms with Gasteiger partial charge in [-0.05, 0) is 46.1 Å². The van der Waals surface area contributed by atoms with Crippen molar-refractivity contribution < 1.29 is 9.53 Å². The summed E-state index contributed by atoms with van der Waals surface area (Å²) in [7, 11) is 0. The average molecular weight is 303 g/mol. The van der Waals surface area contributed by atoms with Gasteiger partial charge in [0.1, 0.15) is 5.60 Å². The Bertz CT molecular complexity index is 510. The quantitative estimate of drug-likeness (QED) is 0.877. The van der Waals surface area contributed by atoms with Crippen LogP contribution in [-0.4, -0.2) is 18.2 Å². The number of hydrogen-bond donors (Lipinski definition) is 1. The highest BCUT2D eigenvalue weighted by molar-refractivity contribution is 5.67. The minimum atomic E-state index is -0.451. The topological polar surface area (TPSA) is 38.3 Å². The predicted molar refractivity (Wildman–Crippen MR) is 90.2 cm³/mol. The number of carbonyl (C=O) groups excluding carboxylic acids is 1. The Morgan fingerprint density at radius 2 is 1.91 bits per heavy atom. The Morgan fingerprint density at radius 1 is 1.23 bits per heavy atom. The van der Waals surface area contributed by atoms with Gasteiger partial charge in [-0.15, -0.1) is 0 Å². The zero-order chi connectivity index (χ0) is 16.2. The summed E-state index contributed by atoms with van der Waals surface area (Å²) in [5, 5.41) is 3.01. The fourth-order valence-electron chi connectivity index (χ4n) is 3.33. The van der Waals surface area contributed by atoms with Crippen molar-refractivity contribution in [3.8, 4) is 0 Å². The van der Waals surface area contributed by atoms with Gasteiger partial charge in [0.05, 0.1) is 0 Å². The third kappa shape index (κ3) is 4.49. The third-order valence-corrected chi connectivity index (χ3v) is 4.41. The van der Waals surface area contributed by atoms with Crippen molar-refractivity contribution in [2.75, 3.05) is 6.54 Å². The Kier molecular flexibility index (Phi) is 5.15. The van der Waals surface area contributed by atoms with E-state index in [1.807, 2.05) is 20.8 Å². The molecule has 0 unspecified atom stereocenters. The smallest absolute Gasteiger partial charge is 0.407 e. The lowest BCUT2D eigenvalue weighted by molar-refractivity contribution is 0.0507. The molecule has 0 atom stereocenters. The van der Waals surface area contributed by atoms with E-state index in [1.165, 1.54) is 30.4 Å². The van der Waals surface area contributed by atoms with E-state index < -0.39 is 5.60 Å². The van der Waals surface area contributed by atoms with Crippen molar-refractivity contribution in [2.24, 2.45) is 0 Å². The molecule has 1 aromatic rings. The molecule has 1 amide bonds. The normalized spacial score (nSPS) is 17.8. The van der Waals surface area contributed by atoms with Gasteiger partial charge in [0.25, 0.3) is 0 Å². The number of rotatable bonds is 3. The van der Waals surface area contributed by atoms with Crippen LogP contribution in [0.15, 0.2) is 24.3 Å². The number of alkyl carbamates (subject to hydrolysis) is 1. The maximum Gasteiger partial charge on any atom is 0.407 e. The molecule has 3 heteroatoms. The molecule has 3 nitrogen and oxygen atoms in total. The van der Waals surface area contributed by atoms with E-state index in [9.17, 15) is 4.79 Å². The fourth-order valence-corrected chi connectivity index (χ4v) is 3.33. The van der Waals surface area contributed by atoms with Crippen molar-refractivity contribution in [3.63, 3.8) is 0 Å². The molecule has 1 N–H and O–H groups in total. The van der Waals surface area contributed by atoms with Gasteiger partial charge in [0.2, 0.25) is 0 Å². The van der Waals surface area contributed by atoms with Crippen molar-refractivity contribution in [1.29, 1.82) is 0 Å². The summed E-state index contributed by atoms with van der Waals surface area (Å²) in [5.74, 6) is 0. The second-order valence-corrected chi connectivity index (χ2v) is 7.57. The highest BCUT2D eigenvalue weighted by atomic mass is 16.6. The first kappa shape index (κ1) is 16.9. The van der Waals surface area contributed by atoms with Crippen molar-refractivity contribution >= 4 is 6.09 Å². The first-order chi connectivity index (χ1) is 10.3. The summed E-state index contributed by atoms with van der Waals surface area (Å²) in [6.07, 6.45) is 5.69. The Labute approximate surface area is 134 Å². The van der Waals surface area contributed by atoms with Crippen LogP contribution in [0, 0.1) is 6.92 Å². The van der Waals surface area contributed by atoms with Crippen LogP contribution in [0.3, 0.4) is 0 Å². The van der Waals surface area contributed by atoms with Gasteiger partial charge >= 0.3 is 6.09 Å². The summed E-state index contributed by atoms with van der Waals surface area (Å²) in [4.78, 5) is 12.0. The number of aryl methyl sites for hydroxylation is 1. The van der Waals surface area contributed by atoms with Gasteiger partial charge in [-0.2, -0.15) is 0 Å². The molecular weight excluding hydrogens is 274 g/mol. The lowest BCUT2D eigenvalue weighted by atomic mass is 9.69. The summed E-state index contributed by atoms with van der Waals surface area (Å²) in [5.41, 5.74) is 2.23. The van der Waals surface area contributed by atoms with Gasteiger partial charge < -0.3 is 10.1 Å². The molecule has 0 aliphatic heterocycles. The molecule has 1 aromatic carbocycles. The largest absolute Gasteiger partial charge is 0.444 e. The number of ether oxygens (including phenoxy) is 1. The van der Waals surface area contributed by atoms with Crippen molar-refractivity contribution in [1.82, 2.24) is 5.32 Å². The van der Waals surface area contributed by atoms with E-state index in [1.54, 1.807) is 0 Å². The van der Waals surface area contributed by atoms with Gasteiger partial charge in [-0.1, -0.05) is 49.1 Å². The molecule has 1 fully saturated rings. The molecule has 2 rings (SSSR count). The molecule has 22 heavy (non-hydrogen) atoms. The molecule has 1 aliphatic rings. The first-order valence-electron chi connectivity index (χ1n) is 8.35. The van der Waals surface area contributed by atoms with Crippen LogP contribution in [0.2, 0.25) is 0 Å². The van der Waals surface area contributed by atoms with E-state index >= 15 is 0 Å². The first-order valence-corrected chi connectivity index (χ1v) is 8.35. The van der Waals surface area contributed by atoms with Crippen molar-refractivity contribution in [3.05, 3.63) is 35.4 Å². The van der Waals surface area contributed by atoms with Crippen LogP contribution in [0.4, 0.5) is 4.79 Å². The zero-order valence-electron chi connectivity index (χ0n) is 14.4. The van der Waals surface area contributed by atoms with Gasteiger partial charge in [-0.25, -0.2) is 4.79 Å². The number of nitrogens with one attached hydrogen (secondary N) is 1. The zero-order valence-corrected chi connectivity index (χ0v) is 14.4. The van der Waals surface area contributed by atoms with Crippen LogP contribution in [0.1, 0.15) is 64.0 Å². The monoisotopic (exact) mass is 303 g/mol. The lowest BCUT2D eigenvalue weighted by Gasteiger charge is -2.38. The number of carbonyl (C=O) groups is 1. The molecule has 1 aliphatic carbocycles. The van der Waals surface area contributed by atoms with Gasteiger partial charge in [0.15, 0.2) is 0 Å². The molecule has 0 bridgehead atoms. The van der Waals surface area contributed by atoms with Gasteiger partial charge in [-0.3, -0.25) is 0 Å².